The Bertz CT molecular complexity index is 1020. The van der Waals surface area contributed by atoms with Gasteiger partial charge in [-0.05, 0) is 19.1 Å². The normalized spacial score (nSPS) is 15.8. The van der Waals surface area contributed by atoms with Gasteiger partial charge in [0.1, 0.15) is 5.75 Å². The van der Waals surface area contributed by atoms with Crippen LogP contribution in [0.4, 0.5) is 0 Å². The second kappa shape index (κ2) is 9.45. The number of nitrogens with two attached hydrogens (primary N) is 1. The van der Waals surface area contributed by atoms with E-state index >= 15 is 0 Å². The van der Waals surface area contributed by atoms with Gasteiger partial charge in [-0.25, -0.2) is 14.7 Å². The minimum Gasteiger partial charge on any atom is -0.493 e. The summed E-state index contributed by atoms with van der Waals surface area (Å²) in [5, 5.41) is 8.10. The number of aromatic nitrogens is 3. The highest BCUT2D eigenvalue weighted by molar-refractivity contribution is 14.0. The van der Waals surface area contributed by atoms with Gasteiger partial charge in [-0.1, -0.05) is 35.9 Å². The average Bonchev–Trinajstić information content (AvgIpc) is 3.13. The summed E-state index contributed by atoms with van der Waals surface area (Å²) in [7, 11) is 0. The molecular weight excluding hydrogens is 503 g/mol. The number of para-hydroxylation sites is 1. The second-order valence-corrected chi connectivity index (χ2v) is 7.05. The van der Waals surface area contributed by atoms with E-state index in [0.29, 0.717) is 30.0 Å². The van der Waals surface area contributed by atoms with E-state index in [-0.39, 0.29) is 30.0 Å². The molecule has 1 unspecified atom stereocenters. The Kier molecular flexibility index (Phi) is 6.96. The molecule has 0 saturated heterocycles. The van der Waals surface area contributed by atoms with E-state index in [2.05, 4.69) is 20.4 Å². The molecule has 4 rings (SSSR count). The first-order chi connectivity index (χ1) is 13.6. The molecule has 0 aliphatic carbocycles. The first kappa shape index (κ1) is 21.4. The molecule has 2 aromatic heterocycles. The van der Waals surface area contributed by atoms with E-state index in [4.69, 9.17) is 22.1 Å². The van der Waals surface area contributed by atoms with Crippen molar-refractivity contribution in [1.82, 2.24) is 20.1 Å². The lowest BCUT2D eigenvalue weighted by Crippen LogP contribution is -2.37. The molecule has 3 aromatic rings. The number of pyridine rings is 1. The van der Waals surface area contributed by atoms with Crippen molar-refractivity contribution < 1.29 is 4.74 Å². The summed E-state index contributed by atoms with van der Waals surface area (Å²) in [5.74, 6) is 1.96. The van der Waals surface area contributed by atoms with Gasteiger partial charge < -0.3 is 15.8 Å². The van der Waals surface area contributed by atoms with Gasteiger partial charge in [-0.3, -0.25) is 0 Å². The molecule has 1 atom stereocenters. The van der Waals surface area contributed by atoms with E-state index in [1.165, 1.54) is 0 Å². The monoisotopic (exact) mass is 524 g/mol. The molecule has 0 saturated carbocycles. The molecule has 1 aromatic carbocycles. The Morgan fingerprint density at radius 3 is 2.97 bits per heavy atom. The number of aliphatic imine (C=N–C) groups is 1. The highest BCUT2D eigenvalue weighted by Gasteiger charge is 2.21. The second-order valence-electron chi connectivity index (χ2n) is 6.61. The maximum atomic E-state index is 6.17. The molecule has 0 amide bonds. The summed E-state index contributed by atoms with van der Waals surface area (Å²) in [6.07, 6.45) is 4.13. The maximum Gasteiger partial charge on any atom is 0.189 e. The third-order valence-corrected chi connectivity index (χ3v) is 4.76. The maximum absolute atomic E-state index is 6.17. The molecule has 0 radical (unpaired) electrons. The van der Waals surface area contributed by atoms with Crippen molar-refractivity contribution >= 4 is 41.5 Å². The molecule has 7 nitrogen and oxygen atoms in total. The van der Waals surface area contributed by atoms with Crippen LogP contribution < -0.4 is 15.8 Å². The highest BCUT2D eigenvalue weighted by atomic mass is 127. The van der Waals surface area contributed by atoms with Crippen LogP contribution in [0.5, 0.6) is 5.75 Å². The number of ether oxygens (including phenoxy) is 1. The summed E-state index contributed by atoms with van der Waals surface area (Å²) < 4.78 is 7.34. The Hall–Kier alpha value is -2.33. The molecule has 0 bridgehead atoms. The van der Waals surface area contributed by atoms with Crippen LogP contribution in [0, 0.1) is 6.92 Å². The number of aryl methyl sites for hydroxylation is 1. The van der Waals surface area contributed by atoms with Crippen LogP contribution in [0.2, 0.25) is 5.02 Å². The highest BCUT2D eigenvalue weighted by Crippen LogP contribution is 2.31. The number of fused-ring (bicyclic) bond motifs is 1. The van der Waals surface area contributed by atoms with Crippen molar-refractivity contribution in [3.05, 3.63) is 70.6 Å². The van der Waals surface area contributed by atoms with Crippen molar-refractivity contribution in [2.75, 3.05) is 6.61 Å². The molecule has 3 heterocycles. The van der Waals surface area contributed by atoms with Gasteiger partial charge in [-0.15, -0.1) is 24.0 Å². The third kappa shape index (κ3) is 4.99. The minimum absolute atomic E-state index is 0. The lowest BCUT2D eigenvalue weighted by Gasteiger charge is -2.26. The zero-order valence-electron chi connectivity index (χ0n) is 15.9. The SMILES string of the molecule is Cc1ccc(CN=C(N)NC2CCOc3ccccc32)c(-n2cc(Cl)cn2)n1.I. The number of nitrogens with one attached hydrogen (secondary N) is 1. The molecule has 152 valence electrons. The molecule has 0 fully saturated rings. The molecule has 3 N–H and O–H groups in total. The fraction of sp³-hybridized carbons (Fsp3) is 0.250. The van der Waals surface area contributed by atoms with Gasteiger partial charge in [0.05, 0.1) is 36.6 Å². The fourth-order valence-corrected chi connectivity index (χ4v) is 3.33. The molecule has 1 aliphatic rings. The summed E-state index contributed by atoms with van der Waals surface area (Å²) in [6.45, 7) is 2.96. The van der Waals surface area contributed by atoms with Crippen LogP contribution in [0.3, 0.4) is 0 Å². The van der Waals surface area contributed by atoms with Gasteiger partial charge in [0.15, 0.2) is 11.8 Å². The van der Waals surface area contributed by atoms with Crippen LogP contribution >= 0.6 is 35.6 Å². The molecular formula is C20H22ClIN6O. The summed E-state index contributed by atoms with van der Waals surface area (Å²) in [6, 6.07) is 12.0. The minimum atomic E-state index is 0. The zero-order valence-corrected chi connectivity index (χ0v) is 19.0. The summed E-state index contributed by atoms with van der Waals surface area (Å²) in [5.41, 5.74) is 9.05. The third-order valence-electron chi connectivity index (χ3n) is 4.56. The van der Waals surface area contributed by atoms with E-state index in [1.807, 2.05) is 43.3 Å². The predicted molar refractivity (Wildman–Crippen MR) is 124 cm³/mol. The number of rotatable bonds is 4. The smallest absolute Gasteiger partial charge is 0.189 e. The van der Waals surface area contributed by atoms with E-state index in [9.17, 15) is 0 Å². The molecule has 0 spiro atoms. The number of guanidine groups is 1. The summed E-state index contributed by atoms with van der Waals surface area (Å²) in [4.78, 5) is 9.09. The lowest BCUT2D eigenvalue weighted by molar-refractivity contribution is 0.262. The standard InChI is InChI=1S/C20H21ClN6O.HI/c1-13-6-7-14(19(25-13)27-12-15(21)11-24-27)10-23-20(22)26-17-8-9-28-18-5-3-2-4-16(17)18;/h2-7,11-12,17H,8-10H2,1H3,(H3,22,23,26);1H. The number of nitrogens with zero attached hydrogens (tertiary/aromatic N) is 4. The zero-order chi connectivity index (χ0) is 19.5. The lowest BCUT2D eigenvalue weighted by atomic mass is 10.0. The largest absolute Gasteiger partial charge is 0.493 e. The topological polar surface area (TPSA) is 90.3 Å². The van der Waals surface area contributed by atoms with E-state index in [0.717, 1.165) is 29.0 Å². The Balaban J connectivity index is 0.00000240. The molecule has 29 heavy (non-hydrogen) atoms. The van der Waals surface area contributed by atoms with Gasteiger partial charge in [0.2, 0.25) is 0 Å². The number of benzene rings is 1. The quantitative estimate of drug-likeness (QED) is 0.308. The van der Waals surface area contributed by atoms with E-state index in [1.54, 1.807) is 17.1 Å². The van der Waals surface area contributed by atoms with Gasteiger partial charge >= 0.3 is 0 Å². The Morgan fingerprint density at radius 1 is 1.34 bits per heavy atom. The van der Waals surface area contributed by atoms with Crippen molar-refractivity contribution in [3.8, 4) is 11.6 Å². The molecule has 9 heteroatoms. The first-order valence-electron chi connectivity index (χ1n) is 9.05. The van der Waals surface area contributed by atoms with Crippen LogP contribution in [0.1, 0.15) is 29.3 Å². The number of hydrogen-bond donors (Lipinski definition) is 2. The Morgan fingerprint density at radius 2 is 2.17 bits per heavy atom. The number of hydrogen-bond acceptors (Lipinski definition) is 4. The van der Waals surface area contributed by atoms with E-state index < -0.39 is 0 Å². The summed E-state index contributed by atoms with van der Waals surface area (Å²) >= 11 is 6.00. The van der Waals surface area contributed by atoms with Crippen molar-refractivity contribution in [1.29, 1.82) is 0 Å². The van der Waals surface area contributed by atoms with Gasteiger partial charge in [0.25, 0.3) is 0 Å². The first-order valence-corrected chi connectivity index (χ1v) is 9.43. The fourth-order valence-electron chi connectivity index (χ4n) is 3.20. The van der Waals surface area contributed by atoms with Gasteiger partial charge in [0, 0.05) is 23.2 Å². The Labute approximate surface area is 191 Å². The average molecular weight is 525 g/mol. The van der Waals surface area contributed by atoms with Crippen molar-refractivity contribution in [2.24, 2.45) is 10.7 Å². The van der Waals surface area contributed by atoms with Gasteiger partial charge in [-0.2, -0.15) is 5.10 Å². The molecule has 1 aliphatic heterocycles. The van der Waals surface area contributed by atoms with Crippen molar-refractivity contribution in [3.63, 3.8) is 0 Å². The predicted octanol–water partition coefficient (Wildman–Crippen LogP) is 3.78. The number of halogens is 2. The van der Waals surface area contributed by atoms with Crippen LogP contribution in [-0.4, -0.2) is 27.3 Å². The van der Waals surface area contributed by atoms with Crippen molar-refractivity contribution in [2.45, 2.75) is 25.9 Å². The van der Waals surface area contributed by atoms with Crippen LogP contribution in [-0.2, 0) is 6.54 Å². The van der Waals surface area contributed by atoms with Crippen LogP contribution in [0.25, 0.3) is 5.82 Å². The van der Waals surface area contributed by atoms with Crippen LogP contribution in [0.15, 0.2) is 53.8 Å².